The van der Waals surface area contributed by atoms with Gasteiger partial charge in [-0.2, -0.15) is 11.8 Å². The van der Waals surface area contributed by atoms with Crippen LogP contribution in [0.5, 0.6) is 0 Å². The summed E-state index contributed by atoms with van der Waals surface area (Å²) in [5.41, 5.74) is 4.30. The second-order valence-electron chi connectivity index (χ2n) is 10.2. The highest BCUT2D eigenvalue weighted by Crippen LogP contribution is 2.49. The zero-order valence-electron chi connectivity index (χ0n) is 22.0. The molecular formula is C29H40NO4PS. The van der Waals surface area contributed by atoms with Gasteiger partial charge < -0.3 is 14.6 Å². The van der Waals surface area contributed by atoms with Gasteiger partial charge in [0.2, 0.25) is 0 Å². The predicted molar refractivity (Wildman–Crippen MR) is 152 cm³/mol. The average Bonchev–Trinajstić information content (AvgIpc) is 2.86. The Kier molecular flexibility index (Phi) is 10.7. The minimum Gasteiger partial charge on any atom is -0.467 e. The van der Waals surface area contributed by atoms with E-state index in [1.165, 1.54) is 39.2 Å². The van der Waals surface area contributed by atoms with Crippen LogP contribution >= 0.6 is 18.9 Å². The fourth-order valence-electron chi connectivity index (χ4n) is 5.22. The van der Waals surface area contributed by atoms with Gasteiger partial charge in [-0.15, -0.1) is 0 Å². The molecule has 7 heteroatoms. The van der Waals surface area contributed by atoms with Gasteiger partial charge in [-0.1, -0.05) is 62.4 Å². The van der Waals surface area contributed by atoms with Gasteiger partial charge in [0.15, 0.2) is 0 Å². The first-order valence-electron chi connectivity index (χ1n) is 12.9. The first-order valence-corrected chi connectivity index (χ1v) is 16.8. The number of rotatable bonds is 11. The van der Waals surface area contributed by atoms with Crippen molar-refractivity contribution in [2.24, 2.45) is 5.92 Å². The maximum absolute atomic E-state index is 13.6. The van der Waals surface area contributed by atoms with Crippen molar-refractivity contribution in [3.63, 3.8) is 0 Å². The van der Waals surface area contributed by atoms with E-state index >= 15 is 0 Å². The van der Waals surface area contributed by atoms with Crippen LogP contribution in [0.1, 0.15) is 60.0 Å². The van der Waals surface area contributed by atoms with Crippen LogP contribution < -0.4 is 5.32 Å². The maximum atomic E-state index is 13.6. The highest BCUT2D eigenvalue weighted by molar-refractivity contribution is 7.98. The lowest BCUT2D eigenvalue weighted by atomic mass is 9.91. The third kappa shape index (κ3) is 7.98. The Bertz CT molecular complexity index is 1100. The van der Waals surface area contributed by atoms with Crippen LogP contribution in [0.3, 0.4) is 0 Å². The number of ether oxygens (including phenoxy) is 1. The Balaban J connectivity index is 1.90. The number of amides is 1. The molecule has 1 saturated carbocycles. The summed E-state index contributed by atoms with van der Waals surface area (Å²) in [6.45, 7) is 3.95. The predicted octanol–water partition coefficient (Wildman–Crippen LogP) is 6.76. The number of esters is 1. The van der Waals surface area contributed by atoms with E-state index in [-0.39, 0.29) is 5.91 Å². The van der Waals surface area contributed by atoms with E-state index in [0.29, 0.717) is 24.1 Å². The van der Waals surface area contributed by atoms with Crippen LogP contribution in [-0.4, -0.2) is 49.9 Å². The van der Waals surface area contributed by atoms with Gasteiger partial charge in [-0.25, -0.2) is 4.79 Å². The third-order valence-electron chi connectivity index (χ3n) is 7.05. The number of carbonyl (C=O) groups is 2. The van der Waals surface area contributed by atoms with Crippen molar-refractivity contribution in [3.05, 3.63) is 59.2 Å². The fraction of sp³-hybridized carbons (Fsp3) is 0.517. The van der Waals surface area contributed by atoms with E-state index in [9.17, 15) is 14.2 Å². The number of benzene rings is 2. The number of nitrogens with one attached hydrogen (secondary N) is 1. The van der Waals surface area contributed by atoms with Gasteiger partial charge >= 0.3 is 5.97 Å². The zero-order valence-corrected chi connectivity index (χ0v) is 23.8. The molecule has 2 atom stereocenters. The molecule has 0 saturated heterocycles. The number of hydrogen-bond acceptors (Lipinski definition) is 5. The standard InChI is InChI=1S/C29H40NO4PS/c1-21-10-8-9-13-24(21)26-18-23(20-35(3,33)19-22-11-6-5-7-12-22)14-15-25(26)28(31)30-27(16-17-36-4)29(32)34-2/h8-10,13-15,18,22,27H,5-7,11-12,16-17,19-20H2,1-4H3,(H,30,31). The quantitative estimate of drug-likeness (QED) is 0.257. The molecule has 3 rings (SSSR count). The van der Waals surface area contributed by atoms with E-state index in [0.717, 1.165) is 34.2 Å². The van der Waals surface area contributed by atoms with Crippen molar-refractivity contribution in [1.82, 2.24) is 5.32 Å². The molecule has 5 nitrogen and oxygen atoms in total. The third-order valence-corrected chi connectivity index (χ3v) is 10.0. The van der Waals surface area contributed by atoms with Crippen molar-refractivity contribution in [2.75, 3.05) is 31.9 Å². The van der Waals surface area contributed by atoms with Crippen LogP contribution in [0, 0.1) is 12.8 Å². The molecule has 196 valence electrons. The Hall–Kier alpha value is -2.04. The van der Waals surface area contributed by atoms with E-state index in [1.807, 2.05) is 62.3 Å². The van der Waals surface area contributed by atoms with Gasteiger partial charge in [0.25, 0.3) is 5.91 Å². The molecule has 1 N–H and O–H groups in total. The zero-order chi connectivity index (χ0) is 26.1. The van der Waals surface area contributed by atoms with Crippen LogP contribution in [0.2, 0.25) is 0 Å². The Morgan fingerprint density at radius 2 is 1.83 bits per heavy atom. The van der Waals surface area contributed by atoms with Gasteiger partial charge in [0, 0.05) is 17.9 Å². The lowest BCUT2D eigenvalue weighted by molar-refractivity contribution is -0.142. The van der Waals surface area contributed by atoms with Gasteiger partial charge in [-0.3, -0.25) is 4.79 Å². The minimum absolute atomic E-state index is 0.307. The molecule has 0 heterocycles. The molecule has 2 aromatic rings. The minimum atomic E-state index is -2.36. The molecular weight excluding hydrogens is 489 g/mol. The van der Waals surface area contributed by atoms with Crippen LogP contribution in [-0.2, 0) is 20.3 Å². The summed E-state index contributed by atoms with van der Waals surface area (Å²) in [5.74, 6) is 0.544. The SMILES string of the molecule is COC(=O)C(CCSC)NC(=O)c1ccc(CP(C)(=O)CC2CCCCC2)cc1-c1ccccc1C. The molecule has 0 aromatic heterocycles. The summed E-state index contributed by atoms with van der Waals surface area (Å²) in [4.78, 5) is 25.7. The van der Waals surface area contributed by atoms with Crippen molar-refractivity contribution in [2.45, 2.75) is 57.7 Å². The topological polar surface area (TPSA) is 72.5 Å². The summed E-state index contributed by atoms with van der Waals surface area (Å²) in [7, 11) is -1.02. The van der Waals surface area contributed by atoms with E-state index in [1.54, 1.807) is 11.8 Å². The van der Waals surface area contributed by atoms with Gasteiger partial charge in [0.1, 0.15) is 6.04 Å². The highest BCUT2D eigenvalue weighted by Gasteiger charge is 2.26. The fourth-order valence-corrected chi connectivity index (χ4v) is 8.24. The molecule has 1 amide bonds. The number of aryl methyl sites for hydroxylation is 1. The van der Waals surface area contributed by atoms with E-state index < -0.39 is 19.2 Å². The Morgan fingerprint density at radius 3 is 2.50 bits per heavy atom. The average molecular weight is 530 g/mol. The molecule has 0 bridgehead atoms. The second-order valence-corrected chi connectivity index (χ2v) is 14.4. The number of hydrogen-bond donors (Lipinski definition) is 1. The second kappa shape index (κ2) is 13.5. The Labute approximate surface area is 220 Å². The van der Waals surface area contributed by atoms with Crippen molar-refractivity contribution < 1.29 is 18.9 Å². The largest absolute Gasteiger partial charge is 0.467 e. The van der Waals surface area contributed by atoms with Gasteiger partial charge in [0.05, 0.1) is 14.3 Å². The number of thioether (sulfide) groups is 1. The molecule has 2 aromatic carbocycles. The van der Waals surface area contributed by atoms with Crippen molar-refractivity contribution >= 4 is 30.8 Å². The lowest BCUT2D eigenvalue weighted by Crippen LogP contribution is -2.42. The molecule has 1 aliphatic rings. The number of methoxy groups -OCH3 is 1. The summed E-state index contributed by atoms with van der Waals surface area (Å²) in [5, 5.41) is 2.89. The summed E-state index contributed by atoms with van der Waals surface area (Å²) in [6, 6.07) is 13.0. The highest BCUT2D eigenvalue weighted by atomic mass is 32.2. The molecule has 1 fully saturated rings. The molecule has 36 heavy (non-hydrogen) atoms. The maximum Gasteiger partial charge on any atom is 0.328 e. The first-order chi connectivity index (χ1) is 17.2. The number of carbonyl (C=O) groups excluding carboxylic acids is 2. The molecule has 0 radical (unpaired) electrons. The molecule has 1 aliphatic carbocycles. The lowest BCUT2D eigenvalue weighted by Gasteiger charge is -2.25. The normalized spacial score (nSPS) is 16.7. The first kappa shape index (κ1) is 28.5. The van der Waals surface area contributed by atoms with Crippen LogP contribution in [0.4, 0.5) is 0 Å². The molecule has 2 unspecified atom stereocenters. The smallest absolute Gasteiger partial charge is 0.328 e. The monoisotopic (exact) mass is 529 g/mol. The van der Waals surface area contributed by atoms with E-state index in [4.69, 9.17) is 4.74 Å². The molecule has 0 aliphatic heterocycles. The van der Waals surface area contributed by atoms with E-state index in [2.05, 4.69) is 5.32 Å². The van der Waals surface area contributed by atoms with Gasteiger partial charge in [-0.05, 0) is 72.3 Å². The summed E-state index contributed by atoms with van der Waals surface area (Å²) >= 11 is 1.62. The van der Waals surface area contributed by atoms with Crippen molar-refractivity contribution in [1.29, 1.82) is 0 Å². The summed E-state index contributed by atoms with van der Waals surface area (Å²) < 4.78 is 18.5. The van der Waals surface area contributed by atoms with Crippen LogP contribution in [0.15, 0.2) is 42.5 Å². The Morgan fingerprint density at radius 1 is 1.11 bits per heavy atom. The molecule has 0 spiro atoms. The van der Waals surface area contributed by atoms with Crippen molar-refractivity contribution in [3.8, 4) is 11.1 Å². The van der Waals surface area contributed by atoms with Crippen LogP contribution in [0.25, 0.3) is 11.1 Å². The summed E-state index contributed by atoms with van der Waals surface area (Å²) in [6.07, 6.45) is 9.94.